The molecular weight excluding hydrogens is 368 g/mol. The molecule has 1 N–H and O–H groups in total. The monoisotopic (exact) mass is 396 g/mol. The second kappa shape index (κ2) is 9.45. The molecule has 0 bridgehead atoms. The number of nitrogens with one attached hydrogen (secondary N) is 1. The van der Waals surface area contributed by atoms with Crippen molar-refractivity contribution in [3.05, 3.63) is 54.1 Å². The van der Waals surface area contributed by atoms with Gasteiger partial charge in [0.25, 0.3) is 11.8 Å². The molecule has 0 unspecified atom stereocenters. The van der Waals surface area contributed by atoms with Crippen molar-refractivity contribution >= 4 is 17.5 Å². The van der Waals surface area contributed by atoms with Crippen LogP contribution in [0.4, 0.5) is 5.69 Å². The van der Waals surface area contributed by atoms with Gasteiger partial charge in [-0.05, 0) is 69.5 Å². The van der Waals surface area contributed by atoms with Gasteiger partial charge in [0.1, 0.15) is 11.5 Å². The van der Waals surface area contributed by atoms with Crippen LogP contribution in [0.5, 0.6) is 11.5 Å². The van der Waals surface area contributed by atoms with E-state index >= 15 is 0 Å². The molecule has 2 amide bonds. The summed E-state index contributed by atoms with van der Waals surface area (Å²) in [6.45, 7) is 4.20. The van der Waals surface area contributed by atoms with Crippen molar-refractivity contribution in [2.45, 2.75) is 45.2 Å². The molecule has 2 atom stereocenters. The average molecular weight is 396 g/mol. The Hall–Kier alpha value is -3.02. The number of likely N-dealkylation sites (tertiary alicyclic amines) is 1. The van der Waals surface area contributed by atoms with Crippen LogP contribution in [0, 0.1) is 0 Å². The van der Waals surface area contributed by atoms with E-state index in [-0.39, 0.29) is 30.5 Å². The second-order valence-electron chi connectivity index (χ2n) is 7.40. The largest absolute Gasteiger partial charge is 0.496 e. The lowest BCUT2D eigenvalue weighted by molar-refractivity contribution is -0.139. The molecular formula is C23H28N2O4. The lowest BCUT2D eigenvalue weighted by Crippen LogP contribution is -2.49. The topological polar surface area (TPSA) is 67.9 Å². The quantitative estimate of drug-likeness (QED) is 0.798. The lowest BCUT2D eigenvalue weighted by atomic mass is 9.97. The zero-order chi connectivity index (χ0) is 20.8. The van der Waals surface area contributed by atoms with E-state index in [1.807, 2.05) is 11.0 Å². The maximum Gasteiger partial charge on any atom is 0.260 e. The molecule has 0 spiro atoms. The number of benzene rings is 2. The molecule has 0 aromatic heterocycles. The van der Waals surface area contributed by atoms with Crippen molar-refractivity contribution in [3.8, 4) is 11.5 Å². The number of hydrogen-bond donors (Lipinski definition) is 1. The molecule has 0 aliphatic carbocycles. The summed E-state index contributed by atoms with van der Waals surface area (Å²) in [5, 5.41) is 2.84. The number of anilines is 1. The normalized spacial score (nSPS) is 18.8. The first-order valence-corrected chi connectivity index (χ1v) is 9.98. The van der Waals surface area contributed by atoms with Gasteiger partial charge >= 0.3 is 0 Å². The number of methoxy groups -OCH3 is 1. The fraction of sp³-hybridized carbons (Fsp3) is 0.391. The number of carbonyl (C=O) groups excluding carboxylic acids is 2. The second-order valence-corrected chi connectivity index (χ2v) is 7.40. The van der Waals surface area contributed by atoms with E-state index in [1.54, 1.807) is 42.5 Å². The van der Waals surface area contributed by atoms with E-state index in [9.17, 15) is 9.59 Å². The van der Waals surface area contributed by atoms with Gasteiger partial charge < -0.3 is 19.7 Å². The molecule has 154 valence electrons. The van der Waals surface area contributed by atoms with Crippen LogP contribution < -0.4 is 14.8 Å². The number of rotatable bonds is 6. The minimum absolute atomic E-state index is 0.0123. The number of carbonyl (C=O) groups is 2. The van der Waals surface area contributed by atoms with Crippen molar-refractivity contribution in [1.82, 2.24) is 4.90 Å². The van der Waals surface area contributed by atoms with Crippen LogP contribution in [0.3, 0.4) is 0 Å². The van der Waals surface area contributed by atoms with Crippen molar-refractivity contribution in [1.29, 1.82) is 0 Å². The lowest BCUT2D eigenvalue weighted by Gasteiger charge is -2.38. The highest BCUT2D eigenvalue weighted by Gasteiger charge is 2.28. The van der Waals surface area contributed by atoms with Crippen LogP contribution in [-0.4, -0.2) is 42.5 Å². The highest BCUT2D eigenvalue weighted by molar-refractivity contribution is 6.06. The molecule has 1 fully saturated rings. The maximum absolute atomic E-state index is 12.6. The van der Waals surface area contributed by atoms with Gasteiger partial charge in [-0.1, -0.05) is 12.1 Å². The van der Waals surface area contributed by atoms with Gasteiger partial charge in [-0.3, -0.25) is 9.59 Å². The Morgan fingerprint density at radius 3 is 2.34 bits per heavy atom. The first-order valence-electron chi connectivity index (χ1n) is 9.98. The SMILES string of the molecule is COc1ccccc1C(=O)Nc1ccc(OCC(=O)N2[C@H](C)CCC[C@H]2C)cc1. The van der Waals surface area contributed by atoms with Crippen molar-refractivity contribution < 1.29 is 19.1 Å². The summed E-state index contributed by atoms with van der Waals surface area (Å²) in [6, 6.07) is 14.5. The van der Waals surface area contributed by atoms with Gasteiger partial charge in [-0.2, -0.15) is 0 Å². The number of nitrogens with zero attached hydrogens (tertiary/aromatic N) is 1. The molecule has 0 radical (unpaired) electrons. The van der Waals surface area contributed by atoms with Crippen LogP contribution in [0.25, 0.3) is 0 Å². The third kappa shape index (κ3) is 5.08. The standard InChI is InChI=1S/C23H28N2O4/c1-16-7-6-8-17(2)25(16)22(26)15-29-19-13-11-18(12-14-19)24-23(27)20-9-4-5-10-21(20)28-3/h4-5,9-14,16-17H,6-8,15H2,1-3H3,(H,24,27)/t16-,17-/m1/s1. The summed E-state index contributed by atoms with van der Waals surface area (Å²) >= 11 is 0. The molecule has 2 aromatic rings. The molecule has 1 heterocycles. The summed E-state index contributed by atoms with van der Waals surface area (Å²) in [7, 11) is 1.53. The van der Waals surface area contributed by atoms with E-state index in [4.69, 9.17) is 9.47 Å². The molecule has 2 aromatic carbocycles. The van der Waals surface area contributed by atoms with Crippen LogP contribution in [0.2, 0.25) is 0 Å². The zero-order valence-corrected chi connectivity index (χ0v) is 17.2. The van der Waals surface area contributed by atoms with E-state index in [0.29, 0.717) is 22.7 Å². The highest BCUT2D eigenvalue weighted by atomic mass is 16.5. The average Bonchev–Trinajstić information content (AvgIpc) is 2.73. The molecule has 1 aliphatic heterocycles. The van der Waals surface area contributed by atoms with Crippen molar-refractivity contribution in [3.63, 3.8) is 0 Å². The Morgan fingerprint density at radius 2 is 1.69 bits per heavy atom. The summed E-state index contributed by atoms with van der Waals surface area (Å²) in [4.78, 5) is 26.9. The first kappa shape index (κ1) is 20.7. The summed E-state index contributed by atoms with van der Waals surface area (Å²) in [5.41, 5.74) is 1.10. The van der Waals surface area contributed by atoms with Crippen LogP contribution >= 0.6 is 0 Å². The van der Waals surface area contributed by atoms with Gasteiger partial charge in [-0.15, -0.1) is 0 Å². The van der Waals surface area contributed by atoms with Gasteiger partial charge in [0.2, 0.25) is 0 Å². The molecule has 1 aliphatic rings. The molecule has 0 saturated carbocycles. The van der Waals surface area contributed by atoms with Crippen LogP contribution in [0.15, 0.2) is 48.5 Å². The highest BCUT2D eigenvalue weighted by Crippen LogP contribution is 2.24. The predicted molar refractivity (Wildman–Crippen MR) is 113 cm³/mol. The Morgan fingerprint density at radius 1 is 1.03 bits per heavy atom. The summed E-state index contributed by atoms with van der Waals surface area (Å²) < 4.78 is 10.9. The fourth-order valence-corrected chi connectivity index (χ4v) is 3.80. The Balaban J connectivity index is 1.56. The smallest absolute Gasteiger partial charge is 0.260 e. The number of ether oxygens (including phenoxy) is 2. The number of amides is 2. The number of piperidine rings is 1. The summed E-state index contributed by atoms with van der Waals surface area (Å²) in [5.74, 6) is 0.869. The molecule has 29 heavy (non-hydrogen) atoms. The van der Waals surface area contributed by atoms with E-state index < -0.39 is 0 Å². The molecule has 6 nitrogen and oxygen atoms in total. The van der Waals surface area contributed by atoms with Crippen LogP contribution in [-0.2, 0) is 4.79 Å². The maximum atomic E-state index is 12.6. The number of para-hydroxylation sites is 1. The third-order valence-electron chi connectivity index (χ3n) is 5.31. The fourth-order valence-electron chi connectivity index (χ4n) is 3.80. The van der Waals surface area contributed by atoms with Crippen molar-refractivity contribution in [2.24, 2.45) is 0 Å². The van der Waals surface area contributed by atoms with Crippen molar-refractivity contribution in [2.75, 3.05) is 19.0 Å². The zero-order valence-electron chi connectivity index (χ0n) is 17.2. The predicted octanol–water partition coefficient (Wildman–Crippen LogP) is 4.12. The number of hydrogen-bond acceptors (Lipinski definition) is 4. The third-order valence-corrected chi connectivity index (χ3v) is 5.31. The minimum Gasteiger partial charge on any atom is -0.496 e. The van der Waals surface area contributed by atoms with Gasteiger partial charge in [0.05, 0.1) is 12.7 Å². The molecule has 3 rings (SSSR count). The van der Waals surface area contributed by atoms with E-state index in [0.717, 1.165) is 19.3 Å². The van der Waals surface area contributed by atoms with Crippen LogP contribution in [0.1, 0.15) is 43.5 Å². The Labute approximate surface area is 171 Å². The molecule has 6 heteroatoms. The van der Waals surface area contributed by atoms with Gasteiger partial charge in [0.15, 0.2) is 6.61 Å². The van der Waals surface area contributed by atoms with E-state index in [1.165, 1.54) is 7.11 Å². The Kier molecular flexibility index (Phi) is 6.75. The van der Waals surface area contributed by atoms with Gasteiger partial charge in [-0.25, -0.2) is 0 Å². The summed E-state index contributed by atoms with van der Waals surface area (Å²) in [6.07, 6.45) is 3.24. The molecule has 1 saturated heterocycles. The minimum atomic E-state index is -0.251. The Bertz CT molecular complexity index is 840. The van der Waals surface area contributed by atoms with E-state index in [2.05, 4.69) is 19.2 Å². The van der Waals surface area contributed by atoms with Gasteiger partial charge in [0, 0.05) is 17.8 Å². The first-order chi connectivity index (χ1) is 14.0.